The summed E-state index contributed by atoms with van der Waals surface area (Å²) in [6, 6.07) is 27.2. The summed E-state index contributed by atoms with van der Waals surface area (Å²) in [5.74, 6) is 0.533. The number of allylic oxidation sites excluding steroid dienone is 1. The van der Waals surface area contributed by atoms with Crippen LogP contribution in [-0.2, 0) is 15.6 Å². The molecule has 0 aliphatic rings. The largest absolute Gasteiger partial charge is 0.349 e. The molecule has 0 aliphatic heterocycles. The van der Waals surface area contributed by atoms with Gasteiger partial charge in [-0.3, -0.25) is 0 Å². The maximum Gasteiger partial charge on any atom is 0.219 e. The van der Waals surface area contributed by atoms with Crippen LogP contribution in [0.15, 0.2) is 99.8 Å². The Morgan fingerprint density at radius 1 is 0.931 bits per heavy atom. The smallest absolute Gasteiger partial charge is 0.219 e. The van der Waals surface area contributed by atoms with Crippen molar-refractivity contribution in [3.63, 3.8) is 0 Å². The Bertz CT molecular complexity index is 1130. The summed E-state index contributed by atoms with van der Waals surface area (Å²) in [7, 11) is -3.95. The number of nitriles is 1. The Balaban J connectivity index is 2.01. The number of aryl methyl sites for hydroxylation is 1. The van der Waals surface area contributed by atoms with E-state index in [-0.39, 0.29) is 9.80 Å². The van der Waals surface area contributed by atoms with Crippen molar-refractivity contribution >= 4 is 27.3 Å². The zero-order valence-corrected chi connectivity index (χ0v) is 17.5. The molecule has 3 rings (SSSR count). The number of hydrogen-bond donors (Lipinski definition) is 1. The molecule has 0 bridgehead atoms. The van der Waals surface area contributed by atoms with Gasteiger partial charge in [-0.1, -0.05) is 66.2 Å². The fourth-order valence-electron chi connectivity index (χ4n) is 2.60. The van der Waals surface area contributed by atoms with Crippen molar-refractivity contribution in [2.24, 2.45) is 0 Å². The summed E-state index contributed by atoms with van der Waals surface area (Å²) < 4.78 is 26.2. The first-order valence-electron chi connectivity index (χ1n) is 8.95. The Morgan fingerprint density at radius 3 is 2.10 bits per heavy atom. The van der Waals surface area contributed by atoms with Gasteiger partial charge >= 0.3 is 0 Å². The van der Waals surface area contributed by atoms with Gasteiger partial charge < -0.3 is 5.32 Å². The first-order chi connectivity index (χ1) is 14.0. The van der Waals surface area contributed by atoms with Crippen LogP contribution >= 0.6 is 11.8 Å². The average Bonchev–Trinajstić information content (AvgIpc) is 2.75. The summed E-state index contributed by atoms with van der Waals surface area (Å²) in [6.45, 7) is 2.01. The highest BCUT2D eigenvalue weighted by Gasteiger charge is 2.25. The van der Waals surface area contributed by atoms with Gasteiger partial charge in [0.15, 0.2) is 4.91 Å². The van der Waals surface area contributed by atoms with Crippen LogP contribution in [0.1, 0.15) is 11.1 Å². The Morgan fingerprint density at radius 2 is 1.52 bits per heavy atom. The highest BCUT2D eigenvalue weighted by atomic mass is 32.2. The topological polar surface area (TPSA) is 70.0 Å². The normalized spacial score (nSPS) is 12.0. The molecule has 146 valence electrons. The van der Waals surface area contributed by atoms with E-state index >= 15 is 0 Å². The van der Waals surface area contributed by atoms with Gasteiger partial charge in [-0.2, -0.15) is 5.26 Å². The fraction of sp³-hybridized carbons (Fsp3) is 0.0870. The van der Waals surface area contributed by atoms with E-state index in [9.17, 15) is 13.7 Å². The maximum absolute atomic E-state index is 13.1. The fourth-order valence-corrected chi connectivity index (χ4v) is 5.14. The lowest BCUT2D eigenvalue weighted by Crippen LogP contribution is -2.10. The van der Waals surface area contributed by atoms with Gasteiger partial charge in [0.25, 0.3) is 0 Å². The van der Waals surface area contributed by atoms with Crippen LogP contribution in [0.3, 0.4) is 0 Å². The van der Waals surface area contributed by atoms with E-state index in [1.165, 1.54) is 23.9 Å². The lowest BCUT2D eigenvalue weighted by molar-refractivity contribution is 0.603. The van der Waals surface area contributed by atoms with Gasteiger partial charge in [0, 0.05) is 11.4 Å². The first-order valence-corrected chi connectivity index (χ1v) is 11.4. The van der Waals surface area contributed by atoms with Gasteiger partial charge in [0.05, 0.1) is 4.90 Å². The van der Waals surface area contributed by atoms with Crippen molar-refractivity contribution in [1.29, 1.82) is 5.26 Å². The van der Waals surface area contributed by atoms with E-state index in [1.54, 1.807) is 18.2 Å². The number of rotatable bonds is 7. The van der Waals surface area contributed by atoms with Crippen LogP contribution < -0.4 is 5.32 Å². The lowest BCUT2D eigenvalue weighted by Gasteiger charge is -2.14. The molecule has 0 spiro atoms. The number of anilines is 1. The molecular weight excluding hydrogens is 400 g/mol. The maximum atomic E-state index is 13.1. The molecule has 29 heavy (non-hydrogen) atoms. The molecule has 0 saturated carbocycles. The number of para-hydroxylation sites is 1. The van der Waals surface area contributed by atoms with Crippen molar-refractivity contribution in [3.8, 4) is 6.07 Å². The summed E-state index contributed by atoms with van der Waals surface area (Å²) in [4.78, 5) is -0.190. The monoisotopic (exact) mass is 420 g/mol. The zero-order valence-electron chi connectivity index (χ0n) is 15.9. The van der Waals surface area contributed by atoms with Crippen molar-refractivity contribution in [2.45, 2.75) is 17.6 Å². The third-order valence-electron chi connectivity index (χ3n) is 4.17. The van der Waals surface area contributed by atoms with E-state index in [0.29, 0.717) is 10.8 Å². The van der Waals surface area contributed by atoms with Crippen LogP contribution in [0.25, 0.3) is 0 Å². The Kier molecular flexibility index (Phi) is 6.76. The minimum Gasteiger partial charge on any atom is -0.349 e. The predicted octanol–water partition coefficient (Wildman–Crippen LogP) is 5.51. The van der Waals surface area contributed by atoms with E-state index in [2.05, 4.69) is 5.32 Å². The number of nitrogens with zero attached hydrogens (tertiary/aromatic N) is 1. The van der Waals surface area contributed by atoms with Crippen LogP contribution in [0.4, 0.5) is 5.69 Å². The van der Waals surface area contributed by atoms with Crippen molar-refractivity contribution in [2.75, 3.05) is 5.32 Å². The first kappa shape index (κ1) is 20.7. The molecule has 0 unspecified atom stereocenters. The van der Waals surface area contributed by atoms with E-state index in [4.69, 9.17) is 0 Å². The average molecular weight is 421 g/mol. The standard InChI is InChI=1S/C23H20N2O2S2/c1-18-12-14-19(15-13-18)17-28-23(25-20-8-4-2-5-9-20)22(16-24)29(26,27)21-10-6-3-7-11-21/h2-15,25H,17H2,1H3/b23-22+. The van der Waals surface area contributed by atoms with E-state index in [0.717, 1.165) is 16.8 Å². The molecule has 0 amide bonds. The molecule has 0 radical (unpaired) electrons. The summed E-state index contributed by atoms with van der Waals surface area (Å²) in [6.07, 6.45) is 0. The molecule has 4 nitrogen and oxygen atoms in total. The molecule has 0 heterocycles. The highest BCUT2D eigenvalue weighted by Crippen LogP contribution is 2.31. The second-order valence-corrected chi connectivity index (χ2v) is 9.22. The van der Waals surface area contributed by atoms with Crippen molar-refractivity contribution in [3.05, 3.63) is 106 Å². The van der Waals surface area contributed by atoms with E-state index < -0.39 is 9.84 Å². The molecule has 3 aromatic carbocycles. The molecule has 3 aromatic rings. The zero-order chi connectivity index (χ0) is 20.7. The minimum absolute atomic E-state index is 0.0971. The highest BCUT2D eigenvalue weighted by molar-refractivity contribution is 8.04. The number of nitrogens with one attached hydrogen (secondary N) is 1. The number of thioether (sulfide) groups is 1. The molecule has 0 fully saturated rings. The molecule has 0 aliphatic carbocycles. The third kappa shape index (κ3) is 5.29. The van der Waals surface area contributed by atoms with Crippen LogP contribution in [-0.4, -0.2) is 8.42 Å². The molecule has 0 saturated heterocycles. The van der Waals surface area contributed by atoms with Crippen LogP contribution in [0.2, 0.25) is 0 Å². The summed E-state index contributed by atoms with van der Waals surface area (Å²) in [5, 5.41) is 13.2. The number of hydrogen-bond acceptors (Lipinski definition) is 5. The van der Waals surface area contributed by atoms with Crippen molar-refractivity contribution in [1.82, 2.24) is 0 Å². The van der Waals surface area contributed by atoms with Gasteiger partial charge in [-0.05, 0) is 36.8 Å². The summed E-state index contributed by atoms with van der Waals surface area (Å²) in [5.41, 5.74) is 2.92. The molecule has 0 aromatic heterocycles. The van der Waals surface area contributed by atoms with Gasteiger partial charge in [-0.25, -0.2) is 8.42 Å². The van der Waals surface area contributed by atoms with Gasteiger partial charge in [0.2, 0.25) is 9.84 Å². The quantitative estimate of drug-likeness (QED) is 0.511. The van der Waals surface area contributed by atoms with Gasteiger partial charge in [0.1, 0.15) is 11.1 Å². The Labute approximate surface area is 175 Å². The molecule has 6 heteroatoms. The summed E-state index contributed by atoms with van der Waals surface area (Å²) >= 11 is 1.30. The van der Waals surface area contributed by atoms with E-state index in [1.807, 2.05) is 67.6 Å². The number of sulfone groups is 1. The van der Waals surface area contributed by atoms with Gasteiger partial charge in [-0.15, -0.1) is 11.8 Å². The second-order valence-electron chi connectivity index (χ2n) is 6.35. The van der Waals surface area contributed by atoms with Crippen LogP contribution in [0, 0.1) is 18.3 Å². The lowest BCUT2D eigenvalue weighted by atomic mass is 10.2. The van der Waals surface area contributed by atoms with Crippen molar-refractivity contribution < 1.29 is 8.42 Å². The minimum atomic E-state index is -3.95. The predicted molar refractivity (Wildman–Crippen MR) is 119 cm³/mol. The molecule has 1 N–H and O–H groups in total. The van der Waals surface area contributed by atoms with Crippen LogP contribution in [0.5, 0.6) is 0 Å². The third-order valence-corrected chi connectivity index (χ3v) is 7.09. The Hall–Kier alpha value is -3.01. The second kappa shape index (κ2) is 9.46. The molecule has 0 atom stereocenters. The molecular formula is C23H20N2O2S2. The SMILES string of the molecule is Cc1ccc(CS/C(Nc2ccccc2)=C(\C#N)S(=O)(=O)c2ccccc2)cc1. The number of benzene rings is 3.